The molecular weight excluding hydrogens is 279 g/mol. The molecule has 2 N–H and O–H groups in total. The van der Waals surface area contributed by atoms with Crippen molar-refractivity contribution in [2.45, 2.75) is 12.1 Å². The number of esters is 2. The van der Waals surface area contributed by atoms with E-state index < -0.39 is 29.6 Å². The van der Waals surface area contributed by atoms with Crippen molar-refractivity contribution in [3.8, 4) is 0 Å². The Labute approximate surface area is 112 Å². The van der Waals surface area contributed by atoms with E-state index in [2.05, 4.69) is 9.47 Å². The molecule has 0 saturated carbocycles. The van der Waals surface area contributed by atoms with Gasteiger partial charge >= 0.3 is 18.1 Å². The van der Waals surface area contributed by atoms with E-state index >= 15 is 0 Å². The molecule has 0 spiro atoms. The van der Waals surface area contributed by atoms with Crippen LogP contribution in [0.2, 0.25) is 0 Å². The average molecular weight is 291 g/mol. The molecule has 0 atom stereocenters. The lowest BCUT2D eigenvalue weighted by Crippen LogP contribution is -2.25. The Bertz CT molecular complexity index is 512. The van der Waals surface area contributed by atoms with Crippen molar-refractivity contribution in [3.05, 3.63) is 29.3 Å². The third-order valence-electron chi connectivity index (χ3n) is 2.60. The van der Waals surface area contributed by atoms with E-state index in [4.69, 9.17) is 5.73 Å². The zero-order chi connectivity index (χ0) is 15.5. The summed E-state index contributed by atoms with van der Waals surface area (Å²) in [6.45, 7) is 0. The van der Waals surface area contributed by atoms with Gasteiger partial charge in [0.25, 0.3) is 0 Å². The number of benzene rings is 1. The maximum absolute atomic E-state index is 12.5. The normalized spacial score (nSPS) is 11.3. The van der Waals surface area contributed by atoms with Gasteiger partial charge in [-0.15, -0.1) is 0 Å². The van der Waals surface area contributed by atoms with Gasteiger partial charge in [0.05, 0.1) is 19.8 Å². The molecule has 0 aliphatic carbocycles. The summed E-state index contributed by atoms with van der Waals surface area (Å²) in [5.41, 5.74) is 4.06. The first kappa shape index (κ1) is 15.8. The van der Waals surface area contributed by atoms with Gasteiger partial charge in [-0.1, -0.05) is 6.07 Å². The highest BCUT2D eigenvalue weighted by Crippen LogP contribution is 2.33. The second kappa shape index (κ2) is 5.81. The Hall–Kier alpha value is -2.25. The minimum Gasteiger partial charge on any atom is -0.468 e. The topological polar surface area (TPSA) is 78.6 Å². The van der Waals surface area contributed by atoms with Gasteiger partial charge in [-0.2, -0.15) is 13.2 Å². The Morgan fingerprint density at radius 3 is 2.00 bits per heavy atom. The second-order valence-corrected chi connectivity index (χ2v) is 3.82. The predicted molar refractivity (Wildman–Crippen MR) is 62.6 cm³/mol. The molecule has 0 aliphatic heterocycles. The molecule has 0 saturated heterocycles. The van der Waals surface area contributed by atoms with Crippen molar-refractivity contribution in [1.82, 2.24) is 0 Å². The first-order valence-corrected chi connectivity index (χ1v) is 5.34. The highest BCUT2D eigenvalue weighted by Gasteiger charge is 2.35. The molecule has 110 valence electrons. The van der Waals surface area contributed by atoms with E-state index in [0.29, 0.717) is 6.07 Å². The van der Waals surface area contributed by atoms with E-state index in [0.717, 1.165) is 26.4 Å². The lowest BCUT2D eigenvalue weighted by molar-refractivity contribution is -0.154. The lowest BCUT2D eigenvalue weighted by Gasteiger charge is -2.16. The molecule has 20 heavy (non-hydrogen) atoms. The number of anilines is 1. The maximum Gasteiger partial charge on any atom is 0.416 e. The first-order valence-electron chi connectivity index (χ1n) is 5.34. The Morgan fingerprint density at radius 2 is 1.65 bits per heavy atom. The van der Waals surface area contributed by atoms with Crippen LogP contribution >= 0.6 is 0 Å². The molecule has 1 aromatic rings. The fraction of sp³-hybridized carbons (Fsp3) is 0.333. The molecule has 1 aromatic carbocycles. The summed E-state index contributed by atoms with van der Waals surface area (Å²) < 4.78 is 46.4. The number of hydrogen-bond acceptors (Lipinski definition) is 5. The molecular formula is C12H12F3NO4. The number of carbonyl (C=O) groups is 2. The van der Waals surface area contributed by atoms with Gasteiger partial charge in [-0.25, -0.2) is 0 Å². The summed E-state index contributed by atoms with van der Waals surface area (Å²) >= 11 is 0. The van der Waals surface area contributed by atoms with Crippen LogP contribution in [0.1, 0.15) is 17.0 Å². The van der Waals surface area contributed by atoms with Crippen LogP contribution in [0.5, 0.6) is 0 Å². The number of rotatable bonds is 3. The fourth-order valence-electron chi connectivity index (χ4n) is 1.60. The SMILES string of the molecule is COC(=O)C(C(=O)OC)c1ccc(C(F)(F)F)cc1N. The molecule has 8 heteroatoms. The Morgan fingerprint density at radius 1 is 1.15 bits per heavy atom. The minimum absolute atomic E-state index is 0.100. The van der Waals surface area contributed by atoms with Crippen molar-refractivity contribution in [2.24, 2.45) is 0 Å². The van der Waals surface area contributed by atoms with Crippen LogP contribution in [0.4, 0.5) is 18.9 Å². The first-order chi connectivity index (χ1) is 9.22. The molecule has 5 nitrogen and oxygen atoms in total. The van der Waals surface area contributed by atoms with E-state index in [9.17, 15) is 22.8 Å². The highest BCUT2D eigenvalue weighted by atomic mass is 19.4. The predicted octanol–water partition coefficient (Wildman–Crippen LogP) is 1.72. The highest BCUT2D eigenvalue weighted by molar-refractivity contribution is 6.02. The molecule has 0 unspecified atom stereocenters. The number of carbonyl (C=O) groups excluding carboxylic acids is 2. The zero-order valence-corrected chi connectivity index (χ0v) is 10.7. The number of alkyl halides is 3. The van der Waals surface area contributed by atoms with Crippen molar-refractivity contribution in [3.63, 3.8) is 0 Å². The van der Waals surface area contributed by atoms with Crippen molar-refractivity contribution < 1.29 is 32.2 Å². The number of hydrogen-bond donors (Lipinski definition) is 1. The number of methoxy groups -OCH3 is 2. The zero-order valence-electron chi connectivity index (χ0n) is 10.7. The molecule has 0 radical (unpaired) electrons. The van der Waals surface area contributed by atoms with Gasteiger partial charge in [-0.3, -0.25) is 9.59 Å². The minimum atomic E-state index is -4.57. The van der Waals surface area contributed by atoms with E-state index in [1.807, 2.05) is 0 Å². The molecule has 0 aliphatic rings. The van der Waals surface area contributed by atoms with Gasteiger partial charge in [0, 0.05) is 11.3 Å². The molecule has 0 amide bonds. The molecule has 0 aromatic heterocycles. The number of nitrogens with two attached hydrogens (primary N) is 1. The van der Waals surface area contributed by atoms with Crippen LogP contribution in [0.15, 0.2) is 18.2 Å². The van der Waals surface area contributed by atoms with Crippen molar-refractivity contribution in [1.29, 1.82) is 0 Å². The number of ether oxygens (including phenoxy) is 2. The van der Waals surface area contributed by atoms with Crippen LogP contribution in [-0.4, -0.2) is 26.2 Å². The van der Waals surface area contributed by atoms with Crippen LogP contribution < -0.4 is 5.73 Å². The largest absolute Gasteiger partial charge is 0.468 e. The average Bonchev–Trinajstić information content (AvgIpc) is 2.38. The molecule has 0 heterocycles. The van der Waals surface area contributed by atoms with E-state index in [1.165, 1.54) is 0 Å². The summed E-state index contributed by atoms with van der Waals surface area (Å²) in [5, 5.41) is 0. The molecule has 1 rings (SSSR count). The van der Waals surface area contributed by atoms with Crippen LogP contribution in [0, 0.1) is 0 Å². The Kier molecular flexibility index (Phi) is 4.59. The van der Waals surface area contributed by atoms with Crippen LogP contribution in [-0.2, 0) is 25.2 Å². The van der Waals surface area contributed by atoms with Gasteiger partial charge < -0.3 is 15.2 Å². The number of halogens is 3. The summed E-state index contributed by atoms with van der Waals surface area (Å²) in [7, 11) is 2.08. The van der Waals surface area contributed by atoms with E-state index in [1.54, 1.807) is 0 Å². The van der Waals surface area contributed by atoms with Gasteiger partial charge in [0.2, 0.25) is 0 Å². The van der Waals surface area contributed by atoms with Crippen molar-refractivity contribution >= 4 is 17.6 Å². The number of nitrogen functional groups attached to an aromatic ring is 1. The molecule has 0 fully saturated rings. The summed E-state index contributed by atoms with van der Waals surface area (Å²) in [6, 6.07) is 2.33. The van der Waals surface area contributed by atoms with Gasteiger partial charge in [-0.05, 0) is 12.1 Å². The smallest absolute Gasteiger partial charge is 0.416 e. The van der Waals surface area contributed by atoms with Gasteiger partial charge in [0.15, 0.2) is 5.92 Å². The van der Waals surface area contributed by atoms with Crippen LogP contribution in [0.25, 0.3) is 0 Å². The monoisotopic (exact) mass is 291 g/mol. The summed E-state index contributed by atoms with van der Waals surface area (Å²) in [6.07, 6.45) is -4.57. The van der Waals surface area contributed by atoms with Crippen molar-refractivity contribution in [2.75, 3.05) is 20.0 Å². The summed E-state index contributed by atoms with van der Waals surface area (Å²) in [5.74, 6) is -3.46. The molecule has 0 bridgehead atoms. The van der Waals surface area contributed by atoms with E-state index in [-0.39, 0.29) is 11.3 Å². The lowest BCUT2D eigenvalue weighted by atomic mass is 9.96. The quantitative estimate of drug-likeness (QED) is 0.521. The maximum atomic E-state index is 12.5. The fourth-order valence-corrected chi connectivity index (χ4v) is 1.60. The van der Waals surface area contributed by atoms with Gasteiger partial charge in [0.1, 0.15) is 0 Å². The third-order valence-corrected chi connectivity index (χ3v) is 2.60. The standard InChI is InChI=1S/C12H12F3NO4/c1-19-10(17)9(11(18)20-2)7-4-3-6(5-8(7)16)12(13,14)15/h3-5,9H,16H2,1-2H3. The van der Waals surface area contributed by atoms with Crippen LogP contribution in [0.3, 0.4) is 0 Å². The second-order valence-electron chi connectivity index (χ2n) is 3.82. The summed E-state index contributed by atoms with van der Waals surface area (Å²) in [4.78, 5) is 23.1. The third kappa shape index (κ3) is 3.19. The Balaban J connectivity index is 3.29.